The van der Waals surface area contributed by atoms with Gasteiger partial charge in [-0.25, -0.2) is 0 Å². The summed E-state index contributed by atoms with van der Waals surface area (Å²) in [4.78, 5) is 2.49. The molecule has 2 aliphatic rings. The van der Waals surface area contributed by atoms with E-state index >= 15 is 0 Å². The molecule has 1 fully saturated rings. The van der Waals surface area contributed by atoms with Crippen molar-refractivity contribution in [1.29, 1.82) is 0 Å². The quantitative estimate of drug-likeness (QED) is 0.828. The molecule has 0 amide bonds. The second kappa shape index (κ2) is 5.91. The zero-order valence-electron chi connectivity index (χ0n) is 11.0. The van der Waals surface area contributed by atoms with Crippen molar-refractivity contribution in [1.82, 2.24) is 4.90 Å². The summed E-state index contributed by atoms with van der Waals surface area (Å²) in [5.74, 6) is 0.974. The summed E-state index contributed by atoms with van der Waals surface area (Å²) in [5.41, 5.74) is 2.01. The van der Waals surface area contributed by atoms with Crippen LogP contribution in [0.15, 0.2) is 24.8 Å². The fraction of sp³-hybridized carbons (Fsp3) is 0.467. The number of benzene rings is 1. The third-order valence-electron chi connectivity index (χ3n) is 3.44. The monoisotopic (exact) mass is 247 g/mol. The smallest absolute Gasteiger partial charge is 0.120 e. The first-order chi connectivity index (χ1) is 8.70. The number of likely N-dealkylation sites (tertiary alicyclic amines) is 1. The minimum Gasteiger partial charge on any atom is -0.508 e. The van der Waals surface area contributed by atoms with Gasteiger partial charge in [0.15, 0.2) is 0 Å². The molecule has 2 heterocycles. The molecule has 0 spiro atoms. The second-order valence-corrected chi connectivity index (χ2v) is 4.69. The van der Waals surface area contributed by atoms with Crippen LogP contribution in [0.2, 0.25) is 0 Å². The largest absolute Gasteiger partial charge is 0.508 e. The Balaban J connectivity index is 0.000000149. The Morgan fingerprint density at radius 3 is 2.67 bits per heavy atom. The lowest BCUT2D eigenvalue weighted by molar-refractivity contribution is 0.286. The highest BCUT2D eigenvalue weighted by Crippen LogP contribution is 2.30. The van der Waals surface area contributed by atoms with Crippen molar-refractivity contribution < 1.29 is 9.84 Å². The van der Waals surface area contributed by atoms with Gasteiger partial charge >= 0.3 is 0 Å². The number of hydrogen-bond acceptors (Lipinski definition) is 3. The standard InChI is InChI=1S/C9H8O2.C6H13N/c1-6-9-3-2-8(10)4-7(9)5-11-6;1-2-7-5-3-4-6-7/h2-4,10H,1,5H2;2-6H2,1H3. The Morgan fingerprint density at radius 1 is 1.33 bits per heavy atom. The van der Waals surface area contributed by atoms with Gasteiger partial charge in [0.2, 0.25) is 0 Å². The van der Waals surface area contributed by atoms with Crippen LogP contribution in [0.25, 0.3) is 5.76 Å². The molecule has 0 aromatic heterocycles. The lowest BCUT2D eigenvalue weighted by Gasteiger charge is -2.08. The molecule has 0 bridgehead atoms. The van der Waals surface area contributed by atoms with Gasteiger partial charge in [-0.15, -0.1) is 0 Å². The van der Waals surface area contributed by atoms with Gasteiger partial charge in [-0.05, 0) is 50.7 Å². The molecular weight excluding hydrogens is 226 g/mol. The Kier molecular flexibility index (Phi) is 4.26. The summed E-state index contributed by atoms with van der Waals surface area (Å²) in [5, 5.41) is 9.10. The van der Waals surface area contributed by atoms with Gasteiger partial charge in [-0.2, -0.15) is 0 Å². The maximum atomic E-state index is 9.10. The van der Waals surface area contributed by atoms with E-state index in [1.807, 2.05) is 6.07 Å². The maximum Gasteiger partial charge on any atom is 0.120 e. The zero-order chi connectivity index (χ0) is 13.0. The van der Waals surface area contributed by atoms with Crippen molar-refractivity contribution in [2.24, 2.45) is 0 Å². The molecule has 0 unspecified atom stereocenters. The molecule has 2 aliphatic heterocycles. The minimum absolute atomic E-state index is 0.280. The van der Waals surface area contributed by atoms with Crippen LogP contribution in [-0.2, 0) is 11.3 Å². The number of nitrogens with zero attached hydrogens (tertiary/aromatic N) is 1. The van der Waals surface area contributed by atoms with Crippen LogP contribution in [-0.4, -0.2) is 29.6 Å². The van der Waals surface area contributed by atoms with Crippen LogP contribution < -0.4 is 0 Å². The summed E-state index contributed by atoms with van der Waals surface area (Å²) in [7, 11) is 0. The van der Waals surface area contributed by atoms with Crippen molar-refractivity contribution in [3.63, 3.8) is 0 Å². The lowest BCUT2D eigenvalue weighted by atomic mass is 10.1. The Bertz CT molecular complexity index is 423. The Morgan fingerprint density at radius 2 is 2.06 bits per heavy atom. The van der Waals surface area contributed by atoms with Crippen LogP contribution in [0.5, 0.6) is 5.75 Å². The average Bonchev–Trinajstić information content (AvgIpc) is 3.00. The van der Waals surface area contributed by atoms with Crippen molar-refractivity contribution in [2.75, 3.05) is 19.6 Å². The van der Waals surface area contributed by atoms with E-state index in [0.29, 0.717) is 12.4 Å². The van der Waals surface area contributed by atoms with Gasteiger partial charge in [-0.1, -0.05) is 13.5 Å². The molecule has 0 radical (unpaired) electrons. The number of rotatable bonds is 1. The molecule has 3 rings (SSSR count). The molecule has 18 heavy (non-hydrogen) atoms. The van der Waals surface area contributed by atoms with Crippen molar-refractivity contribution in [3.8, 4) is 5.75 Å². The number of phenolic OH excluding ortho intramolecular Hbond substituents is 1. The summed E-state index contributed by atoms with van der Waals surface area (Å²) >= 11 is 0. The predicted octanol–water partition coefficient (Wildman–Crippen LogP) is 3.00. The van der Waals surface area contributed by atoms with Crippen LogP contribution in [0.4, 0.5) is 0 Å². The van der Waals surface area contributed by atoms with Gasteiger partial charge in [0.05, 0.1) is 0 Å². The first-order valence-corrected chi connectivity index (χ1v) is 6.57. The van der Waals surface area contributed by atoms with E-state index in [0.717, 1.165) is 11.1 Å². The number of ether oxygens (including phenoxy) is 1. The second-order valence-electron chi connectivity index (χ2n) is 4.69. The van der Waals surface area contributed by atoms with Crippen LogP contribution in [0.1, 0.15) is 30.9 Å². The summed E-state index contributed by atoms with van der Waals surface area (Å²) in [6.07, 6.45) is 2.85. The van der Waals surface area contributed by atoms with E-state index < -0.39 is 0 Å². The van der Waals surface area contributed by atoms with E-state index in [4.69, 9.17) is 9.84 Å². The van der Waals surface area contributed by atoms with E-state index in [-0.39, 0.29) is 5.75 Å². The highest BCUT2D eigenvalue weighted by Gasteiger charge is 2.15. The van der Waals surface area contributed by atoms with Gasteiger partial charge in [0, 0.05) is 11.1 Å². The molecule has 1 aromatic carbocycles. The first-order valence-electron chi connectivity index (χ1n) is 6.57. The molecule has 98 valence electrons. The molecule has 0 aliphatic carbocycles. The average molecular weight is 247 g/mol. The normalized spacial score (nSPS) is 17.9. The molecule has 0 atom stereocenters. The summed E-state index contributed by atoms with van der Waals surface area (Å²) in [6.45, 7) is 10.4. The molecule has 1 aromatic rings. The van der Waals surface area contributed by atoms with Crippen LogP contribution >= 0.6 is 0 Å². The van der Waals surface area contributed by atoms with Crippen LogP contribution in [0.3, 0.4) is 0 Å². The number of hydrogen-bond donors (Lipinski definition) is 1. The van der Waals surface area contributed by atoms with Crippen molar-refractivity contribution in [2.45, 2.75) is 26.4 Å². The topological polar surface area (TPSA) is 32.7 Å². The summed E-state index contributed by atoms with van der Waals surface area (Å²) in [6, 6.07) is 5.16. The van der Waals surface area contributed by atoms with Gasteiger partial charge in [0.25, 0.3) is 0 Å². The molecule has 3 nitrogen and oxygen atoms in total. The van der Waals surface area contributed by atoms with Crippen molar-refractivity contribution in [3.05, 3.63) is 35.9 Å². The van der Waals surface area contributed by atoms with Crippen LogP contribution in [0, 0.1) is 0 Å². The lowest BCUT2D eigenvalue weighted by Crippen LogP contribution is -2.17. The fourth-order valence-electron chi connectivity index (χ4n) is 2.31. The summed E-state index contributed by atoms with van der Waals surface area (Å²) < 4.78 is 5.17. The number of phenols is 1. The van der Waals surface area contributed by atoms with E-state index in [2.05, 4.69) is 18.4 Å². The third-order valence-corrected chi connectivity index (χ3v) is 3.44. The Labute approximate surface area is 109 Å². The van der Waals surface area contributed by atoms with E-state index in [9.17, 15) is 0 Å². The van der Waals surface area contributed by atoms with Gasteiger partial charge in [-0.3, -0.25) is 0 Å². The molecule has 0 saturated carbocycles. The Hall–Kier alpha value is -1.48. The zero-order valence-corrected chi connectivity index (χ0v) is 11.0. The maximum absolute atomic E-state index is 9.10. The highest BCUT2D eigenvalue weighted by molar-refractivity contribution is 5.65. The molecule has 1 saturated heterocycles. The molecule has 3 heteroatoms. The fourth-order valence-corrected chi connectivity index (χ4v) is 2.31. The van der Waals surface area contributed by atoms with Crippen molar-refractivity contribution >= 4 is 5.76 Å². The molecular formula is C15H21NO2. The van der Waals surface area contributed by atoms with Gasteiger partial charge in [0.1, 0.15) is 18.1 Å². The van der Waals surface area contributed by atoms with E-state index in [1.165, 1.54) is 32.5 Å². The minimum atomic E-state index is 0.280. The van der Waals surface area contributed by atoms with Gasteiger partial charge < -0.3 is 14.7 Å². The highest BCUT2D eigenvalue weighted by atomic mass is 16.5. The predicted molar refractivity (Wildman–Crippen MR) is 73.3 cm³/mol. The SMILES string of the molecule is C=C1OCc2cc(O)ccc21.CCN1CCCC1. The first kappa shape index (κ1) is 13.0. The number of aromatic hydroxyl groups is 1. The number of fused-ring (bicyclic) bond motifs is 1. The van der Waals surface area contributed by atoms with E-state index in [1.54, 1.807) is 12.1 Å². The third kappa shape index (κ3) is 3.05. The molecule has 1 N–H and O–H groups in total.